The number of hydrogen-bond acceptors (Lipinski definition) is 8. The molecular weight excluding hydrogens is 328 g/mol. The minimum Gasteiger partial charge on any atom is -0.504 e. The Morgan fingerprint density at radius 1 is 0.960 bits per heavy atom. The second kappa shape index (κ2) is 6.70. The number of nitrogens with zero attached hydrogens (tertiary/aromatic N) is 2. The molecule has 0 bridgehead atoms. The van der Waals surface area contributed by atoms with E-state index in [1.165, 1.54) is 36.5 Å². The maximum Gasteiger partial charge on any atom is 0.227 e. The van der Waals surface area contributed by atoms with Crippen molar-refractivity contribution in [1.82, 2.24) is 0 Å². The summed E-state index contributed by atoms with van der Waals surface area (Å²) in [5, 5.41) is 47.4. The number of hydrogen-bond donors (Lipinski definition) is 5. The lowest BCUT2D eigenvalue weighted by atomic mass is 10.2. The third-order valence-electron chi connectivity index (χ3n) is 3.59. The van der Waals surface area contributed by atoms with Crippen LogP contribution in [0.1, 0.15) is 11.1 Å². The van der Waals surface area contributed by atoms with E-state index in [4.69, 9.17) is 4.74 Å². The summed E-state index contributed by atoms with van der Waals surface area (Å²) in [5.41, 5.74) is 1.08. The zero-order valence-corrected chi connectivity index (χ0v) is 12.9. The van der Waals surface area contributed by atoms with Crippen molar-refractivity contribution < 1.29 is 30.3 Å². The number of benzene rings is 2. The largest absolute Gasteiger partial charge is 0.504 e. The third-order valence-corrected chi connectivity index (χ3v) is 3.59. The van der Waals surface area contributed by atoms with Crippen LogP contribution in [0.15, 0.2) is 46.4 Å². The van der Waals surface area contributed by atoms with Crippen LogP contribution in [0.5, 0.6) is 23.0 Å². The molecule has 8 heteroatoms. The molecule has 1 aliphatic heterocycles. The van der Waals surface area contributed by atoms with E-state index in [0.29, 0.717) is 11.1 Å². The molecule has 1 aliphatic rings. The van der Waals surface area contributed by atoms with Crippen molar-refractivity contribution in [1.29, 1.82) is 0 Å². The normalized spacial score (nSPS) is 19.8. The molecule has 0 radical (unpaired) electrons. The van der Waals surface area contributed by atoms with Gasteiger partial charge in [-0.3, -0.25) is 4.99 Å². The number of phenols is 4. The second-order valence-corrected chi connectivity index (χ2v) is 5.45. The van der Waals surface area contributed by atoms with Crippen molar-refractivity contribution >= 4 is 12.1 Å². The van der Waals surface area contributed by atoms with E-state index in [1.807, 2.05) is 0 Å². The topological polar surface area (TPSA) is 135 Å². The first-order valence-corrected chi connectivity index (χ1v) is 7.39. The van der Waals surface area contributed by atoms with Crippen LogP contribution in [0.3, 0.4) is 0 Å². The van der Waals surface area contributed by atoms with Crippen LogP contribution in [0, 0.1) is 0 Å². The smallest absolute Gasteiger partial charge is 0.227 e. The zero-order valence-electron chi connectivity index (χ0n) is 12.9. The van der Waals surface area contributed by atoms with Gasteiger partial charge in [-0.15, -0.1) is 0 Å². The Balaban J connectivity index is 1.70. The van der Waals surface area contributed by atoms with Gasteiger partial charge >= 0.3 is 0 Å². The third kappa shape index (κ3) is 3.64. The second-order valence-electron chi connectivity index (χ2n) is 5.45. The Bertz CT molecular complexity index is 849. The minimum absolute atomic E-state index is 0.126. The Kier molecular flexibility index (Phi) is 4.44. The first-order chi connectivity index (χ1) is 11.9. The van der Waals surface area contributed by atoms with Crippen molar-refractivity contribution in [2.45, 2.75) is 18.9 Å². The summed E-state index contributed by atoms with van der Waals surface area (Å²) in [6, 6.07) is 7.71. The van der Waals surface area contributed by atoms with Crippen LogP contribution < -0.4 is 0 Å². The van der Waals surface area contributed by atoms with Gasteiger partial charge in [0.1, 0.15) is 0 Å². The van der Waals surface area contributed by atoms with Crippen molar-refractivity contribution in [2.24, 2.45) is 9.98 Å². The van der Waals surface area contributed by atoms with Gasteiger partial charge in [0.05, 0.1) is 6.54 Å². The van der Waals surface area contributed by atoms with Gasteiger partial charge in [0.15, 0.2) is 29.0 Å². The van der Waals surface area contributed by atoms with Crippen LogP contribution in [0.2, 0.25) is 0 Å². The molecule has 2 aromatic rings. The van der Waals surface area contributed by atoms with Crippen molar-refractivity contribution in [2.75, 3.05) is 0 Å². The standard InChI is InChI=1S/C17H16N2O6/c20-12-3-1-9(5-14(12)22)7-18-8-11-17(24)25-16(19-11)10-2-4-13(21)15(23)6-10/h1-6,8,11,17,20-24H,7H2/t11?,17-/m0/s1. The van der Waals surface area contributed by atoms with E-state index in [9.17, 15) is 25.5 Å². The monoisotopic (exact) mass is 344 g/mol. The van der Waals surface area contributed by atoms with Gasteiger partial charge in [0, 0.05) is 11.8 Å². The molecule has 0 saturated carbocycles. The average molecular weight is 344 g/mol. The Morgan fingerprint density at radius 2 is 1.64 bits per heavy atom. The molecule has 2 atom stereocenters. The van der Waals surface area contributed by atoms with Gasteiger partial charge in [0.25, 0.3) is 0 Å². The SMILES string of the molecule is Oc1ccc(CN=CC2N=C(c3ccc(O)c(O)c3)O[C@@H]2O)cc1O. The highest BCUT2D eigenvalue weighted by Crippen LogP contribution is 2.27. The molecular formula is C17H16N2O6. The fraction of sp³-hybridized carbons (Fsp3) is 0.176. The van der Waals surface area contributed by atoms with Crippen LogP contribution in [-0.2, 0) is 11.3 Å². The molecule has 25 heavy (non-hydrogen) atoms. The predicted molar refractivity (Wildman–Crippen MR) is 89.2 cm³/mol. The molecule has 3 rings (SSSR count). The molecule has 0 fully saturated rings. The van der Waals surface area contributed by atoms with E-state index in [1.54, 1.807) is 6.07 Å². The van der Waals surface area contributed by atoms with Crippen LogP contribution in [0.25, 0.3) is 0 Å². The Labute approximate surface area is 142 Å². The van der Waals surface area contributed by atoms with E-state index >= 15 is 0 Å². The summed E-state index contributed by atoms with van der Waals surface area (Å²) in [6.07, 6.45) is 0.199. The van der Waals surface area contributed by atoms with Crippen LogP contribution in [-0.4, -0.2) is 50.0 Å². The fourth-order valence-corrected chi connectivity index (χ4v) is 2.25. The number of aliphatic hydroxyl groups excluding tert-OH is 1. The molecule has 130 valence electrons. The molecule has 0 amide bonds. The quantitative estimate of drug-likeness (QED) is 0.418. The lowest BCUT2D eigenvalue weighted by Gasteiger charge is -2.08. The summed E-state index contributed by atoms with van der Waals surface area (Å²) in [5.74, 6) is -0.898. The van der Waals surface area contributed by atoms with Gasteiger partial charge in [-0.25, -0.2) is 4.99 Å². The average Bonchev–Trinajstić information content (AvgIpc) is 2.94. The van der Waals surface area contributed by atoms with Gasteiger partial charge < -0.3 is 30.3 Å². The molecule has 1 heterocycles. The van der Waals surface area contributed by atoms with Crippen LogP contribution >= 0.6 is 0 Å². The lowest BCUT2D eigenvalue weighted by molar-refractivity contribution is -0.0124. The minimum atomic E-state index is -1.22. The van der Waals surface area contributed by atoms with E-state index in [0.717, 1.165) is 0 Å². The summed E-state index contributed by atoms with van der Waals surface area (Å²) < 4.78 is 5.24. The first-order valence-electron chi connectivity index (χ1n) is 7.39. The molecule has 8 nitrogen and oxygen atoms in total. The molecule has 0 aliphatic carbocycles. The lowest BCUT2D eigenvalue weighted by Crippen LogP contribution is -2.23. The zero-order chi connectivity index (χ0) is 18.0. The number of ether oxygens (including phenoxy) is 1. The van der Waals surface area contributed by atoms with Gasteiger partial charge in [-0.2, -0.15) is 0 Å². The van der Waals surface area contributed by atoms with Gasteiger partial charge in [-0.05, 0) is 35.9 Å². The highest BCUT2D eigenvalue weighted by atomic mass is 16.6. The molecule has 1 unspecified atom stereocenters. The van der Waals surface area contributed by atoms with E-state index in [-0.39, 0.29) is 35.4 Å². The summed E-state index contributed by atoms with van der Waals surface area (Å²) >= 11 is 0. The van der Waals surface area contributed by atoms with Gasteiger partial charge in [0.2, 0.25) is 12.2 Å². The van der Waals surface area contributed by atoms with E-state index in [2.05, 4.69) is 9.98 Å². The number of aliphatic hydroxyl groups is 1. The number of aliphatic imine (C=N–C) groups is 2. The van der Waals surface area contributed by atoms with Crippen LogP contribution in [0.4, 0.5) is 0 Å². The molecule has 5 N–H and O–H groups in total. The molecule has 0 aromatic heterocycles. The molecule has 0 saturated heterocycles. The summed E-state index contributed by atoms with van der Waals surface area (Å²) in [6.45, 7) is 0.224. The van der Waals surface area contributed by atoms with Crippen molar-refractivity contribution in [3.05, 3.63) is 47.5 Å². The number of aromatic hydroxyl groups is 4. The van der Waals surface area contributed by atoms with Crippen molar-refractivity contribution in [3.8, 4) is 23.0 Å². The number of rotatable bonds is 4. The summed E-state index contributed by atoms with van der Waals surface area (Å²) in [4.78, 5) is 8.34. The highest BCUT2D eigenvalue weighted by molar-refractivity contribution is 5.97. The van der Waals surface area contributed by atoms with Gasteiger partial charge in [-0.1, -0.05) is 6.07 Å². The molecule has 2 aromatic carbocycles. The van der Waals surface area contributed by atoms with E-state index < -0.39 is 12.3 Å². The first kappa shape index (κ1) is 16.6. The Morgan fingerprint density at radius 3 is 2.32 bits per heavy atom. The summed E-state index contributed by atoms with van der Waals surface area (Å²) in [7, 11) is 0. The maximum absolute atomic E-state index is 9.91. The van der Waals surface area contributed by atoms with Crippen molar-refractivity contribution in [3.63, 3.8) is 0 Å². The Hall–Kier alpha value is -3.26. The number of phenolic OH excluding ortho intramolecular Hbond substituents is 4. The molecule has 0 spiro atoms. The highest BCUT2D eigenvalue weighted by Gasteiger charge is 2.28. The maximum atomic E-state index is 9.91. The fourth-order valence-electron chi connectivity index (χ4n) is 2.25. The predicted octanol–water partition coefficient (Wildman–Crippen LogP) is 1.24.